The third-order valence-electron chi connectivity index (χ3n) is 7.11. The first-order valence-electron chi connectivity index (χ1n) is 12.7. The number of urea groups is 1. The number of carbonyl (C=O) groups excluding carboxylic acids is 1. The lowest BCUT2D eigenvalue weighted by molar-refractivity contribution is -0.384. The molecule has 0 spiro atoms. The summed E-state index contributed by atoms with van der Waals surface area (Å²) in [4.78, 5) is 29.9. The molecule has 2 fully saturated rings. The maximum absolute atomic E-state index is 11.9. The molecule has 9 heteroatoms. The summed E-state index contributed by atoms with van der Waals surface area (Å²) in [5, 5.41) is 18.3. The van der Waals surface area contributed by atoms with Crippen LogP contribution < -0.4 is 15.5 Å². The molecule has 0 unspecified atom stereocenters. The maximum atomic E-state index is 11.9. The first-order chi connectivity index (χ1) is 18.1. The summed E-state index contributed by atoms with van der Waals surface area (Å²) < 4.78 is 0. The van der Waals surface area contributed by atoms with E-state index in [0.717, 1.165) is 69.2 Å². The summed E-state index contributed by atoms with van der Waals surface area (Å²) in [5.74, 6) is 0. The largest absolute Gasteiger partial charge is 0.369 e. The Hall–Kier alpha value is -4.11. The van der Waals surface area contributed by atoms with Crippen LogP contribution in [0.15, 0.2) is 78.9 Å². The fourth-order valence-corrected chi connectivity index (χ4v) is 5.02. The molecule has 0 aromatic heterocycles. The molecule has 0 radical (unpaired) electrons. The van der Waals surface area contributed by atoms with Gasteiger partial charge in [-0.25, -0.2) is 4.79 Å². The highest BCUT2D eigenvalue weighted by Gasteiger charge is 2.25. The lowest BCUT2D eigenvalue weighted by Crippen LogP contribution is -2.48. The topological polar surface area (TPSA) is 94.0 Å². The smallest absolute Gasteiger partial charge is 0.317 e. The number of piperazine rings is 1. The molecule has 9 nitrogen and oxygen atoms in total. The number of hydrogen-bond acceptors (Lipinski definition) is 6. The van der Waals surface area contributed by atoms with Gasteiger partial charge < -0.3 is 20.4 Å². The summed E-state index contributed by atoms with van der Waals surface area (Å²) in [7, 11) is 0. The average Bonchev–Trinajstić information content (AvgIpc) is 3.36. The van der Waals surface area contributed by atoms with Crippen LogP contribution >= 0.6 is 0 Å². The summed E-state index contributed by atoms with van der Waals surface area (Å²) in [5.41, 5.74) is 3.60. The van der Waals surface area contributed by atoms with Gasteiger partial charge >= 0.3 is 6.03 Å². The van der Waals surface area contributed by atoms with Crippen LogP contribution in [0.1, 0.15) is 17.2 Å². The van der Waals surface area contributed by atoms with Crippen molar-refractivity contribution in [3.05, 3.63) is 100 Å². The monoisotopic (exact) mass is 500 g/mol. The van der Waals surface area contributed by atoms with Gasteiger partial charge in [0, 0.05) is 64.1 Å². The lowest BCUT2D eigenvalue weighted by atomic mass is 9.98. The zero-order valence-electron chi connectivity index (χ0n) is 20.8. The predicted molar refractivity (Wildman–Crippen MR) is 145 cm³/mol. The van der Waals surface area contributed by atoms with E-state index < -0.39 is 0 Å². The second-order valence-electron chi connectivity index (χ2n) is 9.40. The third-order valence-corrected chi connectivity index (χ3v) is 7.11. The number of anilines is 2. The Morgan fingerprint density at radius 1 is 0.865 bits per heavy atom. The minimum absolute atomic E-state index is 0.0221. The van der Waals surface area contributed by atoms with E-state index in [4.69, 9.17) is 0 Å². The number of nitro groups is 1. The van der Waals surface area contributed by atoms with Gasteiger partial charge in [0.1, 0.15) is 5.69 Å². The molecule has 0 saturated carbocycles. The van der Waals surface area contributed by atoms with E-state index in [0.29, 0.717) is 5.69 Å². The number of rotatable bonds is 9. The molecule has 192 valence electrons. The molecule has 2 saturated heterocycles. The molecule has 37 heavy (non-hydrogen) atoms. The Bertz CT molecular complexity index is 1180. The van der Waals surface area contributed by atoms with E-state index in [1.165, 1.54) is 0 Å². The van der Waals surface area contributed by atoms with Crippen LogP contribution in [0.2, 0.25) is 0 Å². The number of nitro benzene ring substituents is 1. The number of benzene rings is 3. The van der Waals surface area contributed by atoms with Gasteiger partial charge in [0.25, 0.3) is 5.69 Å². The molecular formula is C28H32N6O3. The second kappa shape index (κ2) is 11.3. The predicted octanol–water partition coefficient (Wildman–Crippen LogP) is 3.94. The zero-order chi connectivity index (χ0) is 25.6. The average molecular weight is 501 g/mol. The van der Waals surface area contributed by atoms with Crippen LogP contribution in [0.25, 0.3) is 0 Å². The van der Waals surface area contributed by atoms with Crippen molar-refractivity contribution in [2.45, 2.75) is 6.04 Å². The summed E-state index contributed by atoms with van der Waals surface area (Å²) >= 11 is 0. The number of carbonyl (C=O) groups is 1. The Morgan fingerprint density at radius 2 is 1.51 bits per heavy atom. The first kappa shape index (κ1) is 24.6. The molecule has 2 heterocycles. The van der Waals surface area contributed by atoms with Crippen LogP contribution in [0.3, 0.4) is 0 Å². The molecule has 2 amide bonds. The highest BCUT2D eigenvalue weighted by Crippen LogP contribution is 2.35. The van der Waals surface area contributed by atoms with E-state index in [1.807, 2.05) is 77.7 Å². The van der Waals surface area contributed by atoms with Crippen LogP contribution in [0.4, 0.5) is 21.9 Å². The Morgan fingerprint density at radius 3 is 2.08 bits per heavy atom. The number of hydrogen-bond donors (Lipinski definition) is 2. The Labute approximate surface area is 216 Å². The van der Waals surface area contributed by atoms with E-state index in [1.54, 1.807) is 6.07 Å². The number of amides is 2. The molecule has 0 aliphatic carbocycles. The quantitative estimate of drug-likeness (QED) is 0.341. The normalized spacial score (nSPS) is 16.2. The number of nitrogens with zero attached hydrogens (tertiary/aromatic N) is 4. The van der Waals surface area contributed by atoms with Crippen LogP contribution in [0, 0.1) is 10.1 Å². The maximum Gasteiger partial charge on any atom is 0.317 e. The highest BCUT2D eigenvalue weighted by molar-refractivity contribution is 5.76. The molecule has 0 atom stereocenters. The van der Waals surface area contributed by atoms with Crippen LogP contribution in [0.5, 0.6) is 0 Å². The van der Waals surface area contributed by atoms with Gasteiger partial charge in [-0.2, -0.15) is 0 Å². The van der Waals surface area contributed by atoms with Gasteiger partial charge in [-0.15, -0.1) is 0 Å². The van der Waals surface area contributed by atoms with Crippen molar-refractivity contribution >= 4 is 23.1 Å². The summed E-state index contributed by atoms with van der Waals surface area (Å²) in [6.07, 6.45) is 0. The minimum atomic E-state index is -0.328. The summed E-state index contributed by atoms with van der Waals surface area (Å²) in [6, 6.07) is 25.1. The number of nitrogens with one attached hydrogen (secondary N) is 2. The van der Waals surface area contributed by atoms with Gasteiger partial charge in [-0.05, 0) is 23.3 Å². The minimum Gasteiger partial charge on any atom is -0.369 e. The van der Waals surface area contributed by atoms with Crippen molar-refractivity contribution in [1.29, 1.82) is 0 Å². The van der Waals surface area contributed by atoms with Crippen molar-refractivity contribution in [1.82, 2.24) is 15.1 Å². The van der Waals surface area contributed by atoms with Crippen molar-refractivity contribution in [3.63, 3.8) is 0 Å². The van der Waals surface area contributed by atoms with Gasteiger partial charge in [0.05, 0.1) is 11.0 Å². The standard InChI is InChI=1S/C28H32N6O3/c35-28-29-13-14-33(28)20-17-31-15-18-32(19-16-31)24-11-12-26(34(36)37)25(21-24)30-27(22-7-3-1-4-8-22)23-9-5-2-6-10-23/h1-12,21,27,30H,13-20H2,(H,29,35). The van der Waals surface area contributed by atoms with Crippen molar-refractivity contribution in [2.24, 2.45) is 0 Å². The SMILES string of the molecule is O=C1NCCN1CCN1CCN(c2ccc([N+](=O)[O-])c(NC(c3ccccc3)c3ccccc3)c2)CC1. The van der Waals surface area contributed by atoms with Gasteiger partial charge in [-0.3, -0.25) is 15.0 Å². The van der Waals surface area contributed by atoms with E-state index in [2.05, 4.69) is 20.4 Å². The highest BCUT2D eigenvalue weighted by atomic mass is 16.6. The fraction of sp³-hybridized carbons (Fsp3) is 0.321. The molecule has 0 bridgehead atoms. The zero-order valence-corrected chi connectivity index (χ0v) is 20.8. The van der Waals surface area contributed by atoms with Crippen LogP contribution in [-0.4, -0.2) is 73.1 Å². The first-order valence-corrected chi connectivity index (χ1v) is 12.7. The second-order valence-corrected chi connectivity index (χ2v) is 9.40. The molecule has 2 aliphatic heterocycles. The molecule has 5 rings (SSSR count). The Balaban J connectivity index is 1.32. The molecule has 3 aromatic rings. The Kier molecular flexibility index (Phi) is 7.51. The van der Waals surface area contributed by atoms with Crippen molar-refractivity contribution in [3.8, 4) is 0 Å². The van der Waals surface area contributed by atoms with E-state index in [-0.39, 0.29) is 22.7 Å². The molecule has 2 N–H and O–H groups in total. The van der Waals surface area contributed by atoms with Gasteiger partial charge in [0.2, 0.25) is 0 Å². The molecular weight excluding hydrogens is 468 g/mol. The molecule has 2 aliphatic rings. The van der Waals surface area contributed by atoms with Crippen molar-refractivity contribution in [2.75, 3.05) is 62.6 Å². The van der Waals surface area contributed by atoms with Gasteiger partial charge in [0.15, 0.2) is 0 Å². The van der Waals surface area contributed by atoms with Crippen LogP contribution in [-0.2, 0) is 0 Å². The lowest BCUT2D eigenvalue weighted by Gasteiger charge is -2.36. The van der Waals surface area contributed by atoms with E-state index >= 15 is 0 Å². The fourth-order valence-electron chi connectivity index (χ4n) is 5.02. The third kappa shape index (κ3) is 5.83. The summed E-state index contributed by atoms with van der Waals surface area (Å²) in [6.45, 7) is 6.48. The van der Waals surface area contributed by atoms with Crippen molar-refractivity contribution < 1.29 is 9.72 Å². The van der Waals surface area contributed by atoms with Gasteiger partial charge in [-0.1, -0.05) is 60.7 Å². The molecule has 3 aromatic carbocycles. The van der Waals surface area contributed by atoms with E-state index in [9.17, 15) is 14.9 Å².